The van der Waals surface area contributed by atoms with Crippen LogP contribution in [0.25, 0.3) is 0 Å². The molecule has 0 spiro atoms. The number of ether oxygens (including phenoxy) is 2. The Labute approximate surface area is 167 Å². The molecule has 1 aliphatic rings. The first kappa shape index (κ1) is 20.4. The topological polar surface area (TPSA) is 128 Å². The molecule has 0 fully saturated rings. The molecule has 1 heterocycles. The number of nitrogens with one attached hydrogen (secondary N) is 1. The Morgan fingerprint density at radius 3 is 2.52 bits per heavy atom. The average Bonchev–Trinajstić information content (AvgIpc) is 2.67. The van der Waals surface area contributed by atoms with Gasteiger partial charge in [-0.1, -0.05) is 6.07 Å². The zero-order valence-electron chi connectivity index (χ0n) is 15.7. The minimum Gasteiger partial charge on any atom is -0.486 e. The summed E-state index contributed by atoms with van der Waals surface area (Å²) < 4.78 is 36.7. The third-order valence-electron chi connectivity index (χ3n) is 4.19. The molecule has 1 atom stereocenters. The number of anilines is 2. The van der Waals surface area contributed by atoms with Gasteiger partial charge in [-0.25, -0.2) is 8.42 Å². The number of carbonyl (C=O) groups is 1. The Morgan fingerprint density at radius 2 is 1.86 bits per heavy atom. The molecule has 3 rings (SSSR count). The van der Waals surface area contributed by atoms with Crippen LogP contribution in [0, 0.1) is 10.1 Å². The van der Waals surface area contributed by atoms with E-state index >= 15 is 0 Å². The first-order valence-corrected chi connectivity index (χ1v) is 10.5. The van der Waals surface area contributed by atoms with Gasteiger partial charge in [0.05, 0.1) is 16.9 Å². The number of nitro groups is 1. The summed E-state index contributed by atoms with van der Waals surface area (Å²) in [4.78, 5) is 23.0. The van der Waals surface area contributed by atoms with E-state index < -0.39 is 26.9 Å². The minimum absolute atomic E-state index is 0.187. The third-order valence-corrected chi connectivity index (χ3v) is 5.43. The second-order valence-corrected chi connectivity index (χ2v) is 8.22. The third kappa shape index (κ3) is 4.57. The molecule has 0 aliphatic carbocycles. The van der Waals surface area contributed by atoms with Crippen LogP contribution in [0.1, 0.15) is 6.92 Å². The molecule has 0 saturated heterocycles. The van der Waals surface area contributed by atoms with E-state index in [1.54, 1.807) is 6.07 Å². The number of nitrogens with zero attached hydrogens (tertiary/aromatic N) is 2. The van der Waals surface area contributed by atoms with E-state index in [1.165, 1.54) is 43.3 Å². The van der Waals surface area contributed by atoms with Crippen LogP contribution in [0.3, 0.4) is 0 Å². The summed E-state index contributed by atoms with van der Waals surface area (Å²) >= 11 is 0. The Hall–Kier alpha value is -3.34. The highest BCUT2D eigenvalue weighted by Crippen LogP contribution is 2.35. The van der Waals surface area contributed by atoms with Crippen LogP contribution >= 0.6 is 0 Å². The van der Waals surface area contributed by atoms with Gasteiger partial charge in [0.2, 0.25) is 15.9 Å². The molecule has 0 bridgehead atoms. The van der Waals surface area contributed by atoms with Crippen molar-refractivity contribution in [1.82, 2.24) is 0 Å². The molecular weight excluding hydrogens is 402 g/mol. The van der Waals surface area contributed by atoms with E-state index in [1.807, 2.05) is 0 Å². The molecule has 0 aromatic heterocycles. The highest BCUT2D eigenvalue weighted by Gasteiger charge is 2.30. The predicted molar refractivity (Wildman–Crippen MR) is 106 cm³/mol. The van der Waals surface area contributed by atoms with Crippen LogP contribution in [-0.4, -0.2) is 44.8 Å². The van der Waals surface area contributed by atoms with Crippen molar-refractivity contribution in [3.63, 3.8) is 0 Å². The minimum atomic E-state index is -3.83. The lowest BCUT2D eigenvalue weighted by Gasteiger charge is -2.29. The maximum Gasteiger partial charge on any atom is 0.271 e. The van der Waals surface area contributed by atoms with Gasteiger partial charge >= 0.3 is 0 Å². The number of rotatable bonds is 6. The highest BCUT2D eigenvalue weighted by molar-refractivity contribution is 7.92. The fourth-order valence-corrected chi connectivity index (χ4v) is 4.09. The van der Waals surface area contributed by atoms with Crippen LogP contribution in [0.2, 0.25) is 0 Å². The Balaban J connectivity index is 1.88. The predicted octanol–water partition coefficient (Wildman–Crippen LogP) is 2.16. The molecule has 2 aromatic rings. The van der Waals surface area contributed by atoms with Crippen LogP contribution in [0.4, 0.5) is 17.1 Å². The van der Waals surface area contributed by atoms with Crippen molar-refractivity contribution in [1.29, 1.82) is 0 Å². The zero-order valence-corrected chi connectivity index (χ0v) is 16.5. The normalized spacial score (nSPS) is 14.0. The van der Waals surface area contributed by atoms with Gasteiger partial charge in [-0.2, -0.15) is 0 Å². The lowest BCUT2D eigenvalue weighted by atomic mass is 10.2. The maximum atomic E-state index is 12.7. The summed E-state index contributed by atoms with van der Waals surface area (Å²) in [6, 6.07) is 8.84. The van der Waals surface area contributed by atoms with Crippen LogP contribution in [0.15, 0.2) is 42.5 Å². The van der Waals surface area contributed by atoms with Crippen molar-refractivity contribution in [2.45, 2.75) is 13.0 Å². The fourth-order valence-electron chi connectivity index (χ4n) is 2.92. The number of hydrogen-bond acceptors (Lipinski definition) is 7. The van der Waals surface area contributed by atoms with Crippen molar-refractivity contribution in [3.05, 3.63) is 52.6 Å². The second kappa shape index (κ2) is 7.95. The highest BCUT2D eigenvalue weighted by atomic mass is 32.2. The number of benzene rings is 2. The van der Waals surface area contributed by atoms with E-state index in [0.717, 1.165) is 10.6 Å². The molecule has 29 heavy (non-hydrogen) atoms. The summed E-state index contributed by atoms with van der Waals surface area (Å²) in [5.74, 6) is 0.224. The molecule has 10 nitrogen and oxygen atoms in total. The molecule has 1 N–H and O–H groups in total. The molecule has 1 aliphatic heterocycles. The monoisotopic (exact) mass is 421 g/mol. The van der Waals surface area contributed by atoms with Gasteiger partial charge in [0, 0.05) is 23.9 Å². The Morgan fingerprint density at radius 1 is 1.17 bits per heavy atom. The van der Waals surface area contributed by atoms with Crippen molar-refractivity contribution >= 4 is 33.0 Å². The van der Waals surface area contributed by atoms with Gasteiger partial charge in [0.1, 0.15) is 19.3 Å². The quantitative estimate of drug-likeness (QED) is 0.559. The van der Waals surface area contributed by atoms with Crippen LogP contribution in [-0.2, 0) is 14.8 Å². The maximum absolute atomic E-state index is 12.7. The van der Waals surface area contributed by atoms with E-state index in [-0.39, 0.29) is 17.1 Å². The van der Waals surface area contributed by atoms with Crippen LogP contribution in [0.5, 0.6) is 11.5 Å². The summed E-state index contributed by atoms with van der Waals surface area (Å²) in [5.41, 5.74) is 0.229. The number of sulfonamides is 1. The lowest BCUT2D eigenvalue weighted by Crippen LogP contribution is -2.45. The first-order chi connectivity index (χ1) is 13.7. The molecule has 154 valence electrons. The fraction of sp³-hybridized carbons (Fsp3) is 0.278. The van der Waals surface area contributed by atoms with Crippen molar-refractivity contribution in [2.75, 3.05) is 29.1 Å². The summed E-state index contributed by atoms with van der Waals surface area (Å²) in [5, 5.41) is 13.4. The molecular formula is C18H19N3O7S. The smallest absolute Gasteiger partial charge is 0.271 e. The molecule has 0 unspecified atom stereocenters. The average molecular weight is 421 g/mol. The largest absolute Gasteiger partial charge is 0.486 e. The second-order valence-electron chi connectivity index (χ2n) is 6.36. The SMILES string of the molecule is C[C@@H](C(=O)Nc1cccc([N+](=O)[O-])c1)N(c1ccc2c(c1)OCCO2)S(C)(=O)=O. The molecule has 0 saturated carbocycles. The van der Waals surface area contributed by atoms with Gasteiger partial charge in [0.15, 0.2) is 11.5 Å². The van der Waals surface area contributed by atoms with Gasteiger partial charge < -0.3 is 14.8 Å². The number of amides is 1. The summed E-state index contributed by atoms with van der Waals surface area (Å²) in [6.07, 6.45) is 0.987. The number of carbonyl (C=O) groups excluding carboxylic acids is 1. The van der Waals surface area contributed by atoms with E-state index in [0.29, 0.717) is 24.7 Å². The van der Waals surface area contributed by atoms with Gasteiger partial charge in [-0.05, 0) is 25.1 Å². The number of non-ortho nitro benzene ring substituents is 1. The molecule has 1 amide bonds. The first-order valence-electron chi connectivity index (χ1n) is 8.61. The van der Waals surface area contributed by atoms with Gasteiger partial charge in [-0.3, -0.25) is 19.2 Å². The lowest BCUT2D eigenvalue weighted by molar-refractivity contribution is -0.384. The van der Waals surface area contributed by atoms with Crippen molar-refractivity contribution < 1.29 is 27.6 Å². The Bertz CT molecular complexity index is 1060. The standard InChI is InChI=1S/C18H19N3O7S/c1-12(18(22)19-13-4-3-5-15(10-13)21(23)24)20(29(2,25)26)14-6-7-16-17(11-14)28-9-8-27-16/h3-7,10-12H,8-9H2,1-2H3,(H,19,22)/t12-/m0/s1. The van der Waals surface area contributed by atoms with Crippen molar-refractivity contribution in [2.24, 2.45) is 0 Å². The number of hydrogen-bond donors (Lipinski definition) is 1. The van der Waals surface area contributed by atoms with Crippen LogP contribution < -0.4 is 19.1 Å². The molecule has 0 radical (unpaired) electrons. The zero-order chi connectivity index (χ0) is 21.2. The van der Waals surface area contributed by atoms with E-state index in [4.69, 9.17) is 9.47 Å². The summed E-state index contributed by atoms with van der Waals surface area (Å²) in [6.45, 7) is 2.15. The Kier molecular flexibility index (Phi) is 5.59. The van der Waals surface area contributed by atoms with E-state index in [2.05, 4.69) is 5.32 Å². The van der Waals surface area contributed by atoms with Gasteiger partial charge in [0.25, 0.3) is 5.69 Å². The molecule has 2 aromatic carbocycles. The van der Waals surface area contributed by atoms with Crippen molar-refractivity contribution in [3.8, 4) is 11.5 Å². The molecule has 11 heteroatoms. The van der Waals surface area contributed by atoms with E-state index in [9.17, 15) is 23.3 Å². The summed E-state index contributed by atoms with van der Waals surface area (Å²) in [7, 11) is -3.83. The number of fused-ring (bicyclic) bond motifs is 1. The number of nitro benzene ring substituents is 1. The van der Waals surface area contributed by atoms with Gasteiger partial charge in [-0.15, -0.1) is 0 Å².